The molecule has 1 N–H and O–H groups in total. The maximum Gasteiger partial charge on any atom is 0.225 e. The van der Waals surface area contributed by atoms with Crippen molar-refractivity contribution >= 4 is 5.91 Å². The lowest BCUT2D eigenvalue weighted by Gasteiger charge is -2.21. The Morgan fingerprint density at radius 3 is 2.65 bits per heavy atom. The third kappa shape index (κ3) is 3.44. The van der Waals surface area contributed by atoms with Crippen LogP contribution in [0.2, 0.25) is 0 Å². The van der Waals surface area contributed by atoms with E-state index in [4.69, 9.17) is 9.47 Å². The van der Waals surface area contributed by atoms with Gasteiger partial charge in [-0.05, 0) is 24.1 Å². The fraction of sp³-hybridized carbons (Fsp3) is 0.562. The van der Waals surface area contributed by atoms with Crippen molar-refractivity contribution in [2.45, 2.75) is 40.2 Å². The minimum absolute atomic E-state index is 0.0760. The van der Waals surface area contributed by atoms with Crippen molar-refractivity contribution in [3.05, 3.63) is 23.8 Å². The van der Waals surface area contributed by atoms with Gasteiger partial charge >= 0.3 is 0 Å². The molecule has 2 rings (SSSR count). The van der Waals surface area contributed by atoms with Gasteiger partial charge in [0.25, 0.3) is 0 Å². The normalized spacial score (nSPS) is 14.6. The first kappa shape index (κ1) is 14.7. The van der Waals surface area contributed by atoms with Gasteiger partial charge in [-0.2, -0.15) is 0 Å². The van der Waals surface area contributed by atoms with Crippen LogP contribution in [0.4, 0.5) is 0 Å². The molecule has 0 fully saturated rings. The Morgan fingerprint density at radius 1 is 1.25 bits per heavy atom. The van der Waals surface area contributed by atoms with Crippen LogP contribution in [0, 0.1) is 5.41 Å². The van der Waals surface area contributed by atoms with E-state index in [1.165, 1.54) is 0 Å². The van der Waals surface area contributed by atoms with E-state index >= 15 is 0 Å². The maximum absolute atomic E-state index is 12.0. The van der Waals surface area contributed by atoms with E-state index in [-0.39, 0.29) is 11.3 Å². The van der Waals surface area contributed by atoms with Crippen LogP contribution in [-0.4, -0.2) is 19.1 Å². The van der Waals surface area contributed by atoms with E-state index < -0.39 is 0 Å². The predicted molar refractivity (Wildman–Crippen MR) is 78.0 cm³/mol. The number of hydrogen-bond donors (Lipinski definition) is 1. The Hall–Kier alpha value is -1.71. The summed E-state index contributed by atoms with van der Waals surface area (Å²) in [5.74, 6) is 1.63. The van der Waals surface area contributed by atoms with Crippen LogP contribution in [0.3, 0.4) is 0 Å². The number of amides is 1. The van der Waals surface area contributed by atoms with E-state index in [2.05, 4.69) is 5.32 Å². The number of benzene rings is 1. The second-order valence-corrected chi connectivity index (χ2v) is 5.75. The molecule has 0 bridgehead atoms. The molecular weight excluding hydrogens is 254 g/mol. The Bertz CT molecular complexity index is 483. The summed E-state index contributed by atoms with van der Waals surface area (Å²) in [5.41, 5.74) is 0.695. The number of carbonyl (C=O) groups excluding carboxylic acids is 1. The summed E-state index contributed by atoms with van der Waals surface area (Å²) in [4.78, 5) is 12.0. The molecule has 0 aromatic heterocycles. The van der Waals surface area contributed by atoms with E-state index in [0.717, 1.165) is 29.9 Å². The SMILES string of the molecule is CCC(C)(C)C(=O)NCc1ccc2c(c1)OCCCO2. The lowest BCUT2D eigenvalue weighted by atomic mass is 9.89. The summed E-state index contributed by atoms with van der Waals surface area (Å²) in [6.07, 6.45) is 1.71. The van der Waals surface area contributed by atoms with E-state index in [0.29, 0.717) is 19.8 Å². The molecule has 0 radical (unpaired) electrons. The molecule has 1 heterocycles. The number of fused-ring (bicyclic) bond motifs is 1. The van der Waals surface area contributed by atoms with Gasteiger partial charge in [0.1, 0.15) is 0 Å². The first-order valence-corrected chi connectivity index (χ1v) is 7.20. The average Bonchev–Trinajstić information content (AvgIpc) is 2.69. The summed E-state index contributed by atoms with van der Waals surface area (Å²) in [6, 6.07) is 5.82. The Labute approximate surface area is 120 Å². The van der Waals surface area contributed by atoms with Crippen molar-refractivity contribution in [1.29, 1.82) is 0 Å². The fourth-order valence-electron chi connectivity index (χ4n) is 1.90. The van der Waals surface area contributed by atoms with Crippen LogP contribution in [0.5, 0.6) is 11.5 Å². The fourth-order valence-corrected chi connectivity index (χ4v) is 1.90. The second kappa shape index (κ2) is 6.16. The van der Waals surface area contributed by atoms with Gasteiger partial charge in [0.2, 0.25) is 5.91 Å². The smallest absolute Gasteiger partial charge is 0.225 e. The zero-order valence-corrected chi connectivity index (χ0v) is 12.5. The predicted octanol–water partition coefficient (Wildman–Crippen LogP) is 2.90. The van der Waals surface area contributed by atoms with Crippen molar-refractivity contribution in [2.75, 3.05) is 13.2 Å². The van der Waals surface area contributed by atoms with Crippen LogP contribution >= 0.6 is 0 Å². The van der Waals surface area contributed by atoms with Crippen molar-refractivity contribution in [3.8, 4) is 11.5 Å². The third-order valence-corrected chi connectivity index (χ3v) is 3.76. The third-order valence-electron chi connectivity index (χ3n) is 3.76. The molecular formula is C16H23NO3. The lowest BCUT2D eigenvalue weighted by molar-refractivity contribution is -0.129. The molecule has 20 heavy (non-hydrogen) atoms. The highest BCUT2D eigenvalue weighted by Gasteiger charge is 2.24. The summed E-state index contributed by atoms with van der Waals surface area (Å²) in [6.45, 7) is 7.80. The van der Waals surface area contributed by atoms with Crippen LogP contribution in [0.15, 0.2) is 18.2 Å². The molecule has 0 saturated heterocycles. The highest BCUT2D eigenvalue weighted by molar-refractivity contribution is 5.81. The lowest BCUT2D eigenvalue weighted by Crippen LogP contribution is -2.35. The van der Waals surface area contributed by atoms with Crippen LogP contribution in [0.25, 0.3) is 0 Å². The highest BCUT2D eigenvalue weighted by atomic mass is 16.5. The second-order valence-electron chi connectivity index (χ2n) is 5.75. The molecule has 1 amide bonds. The van der Waals surface area contributed by atoms with Crippen LogP contribution in [0.1, 0.15) is 39.2 Å². The summed E-state index contributed by atoms with van der Waals surface area (Å²) in [5, 5.41) is 2.98. The summed E-state index contributed by atoms with van der Waals surface area (Å²) in [7, 11) is 0. The van der Waals surface area contributed by atoms with E-state index in [1.807, 2.05) is 39.0 Å². The van der Waals surface area contributed by atoms with Crippen LogP contribution in [-0.2, 0) is 11.3 Å². The Balaban J connectivity index is 2.00. The standard InChI is InChI=1S/C16H23NO3/c1-4-16(2,3)15(18)17-11-12-6-7-13-14(10-12)20-9-5-8-19-13/h6-7,10H,4-5,8-9,11H2,1-3H3,(H,17,18). The Kier molecular flexibility index (Phi) is 4.53. The average molecular weight is 277 g/mol. The molecule has 0 spiro atoms. The van der Waals surface area contributed by atoms with Gasteiger partial charge in [0.15, 0.2) is 11.5 Å². The van der Waals surface area contributed by atoms with Crippen molar-refractivity contribution in [1.82, 2.24) is 5.32 Å². The molecule has 0 unspecified atom stereocenters. The molecule has 1 aliphatic heterocycles. The topological polar surface area (TPSA) is 47.6 Å². The van der Waals surface area contributed by atoms with E-state index in [9.17, 15) is 4.79 Å². The van der Waals surface area contributed by atoms with Gasteiger partial charge in [0.05, 0.1) is 13.2 Å². The molecule has 1 aromatic rings. The summed E-state index contributed by atoms with van der Waals surface area (Å²) < 4.78 is 11.2. The van der Waals surface area contributed by atoms with Crippen molar-refractivity contribution < 1.29 is 14.3 Å². The maximum atomic E-state index is 12.0. The van der Waals surface area contributed by atoms with Gasteiger partial charge in [-0.15, -0.1) is 0 Å². The molecule has 0 aliphatic carbocycles. The molecule has 110 valence electrons. The zero-order valence-electron chi connectivity index (χ0n) is 12.5. The monoisotopic (exact) mass is 277 g/mol. The van der Waals surface area contributed by atoms with Gasteiger partial charge in [0, 0.05) is 18.4 Å². The summed E-state index contributed by atoms with van der Waals surface area (Å²) >= 11 is 0. The highest BCUT2D eigenvalue weighted by Crippen LogP contribution is 2.30. The van der Waals surface area contributed by atoms with Gasteiger partial charge in [-0.1, -0.05) is 26.8 Å². The largest absolute Gasteiger partial charge is 0.490 e. The molecule has 0 saturated carbocycles. The molecule has 0 atom stereocenters. The molecule has 4 nitrogen and oxygen atoms in total. The number of carbonyl (C=O) groups is 1. The number of ether oxygens (including phenoxy) is 2. The molecule has 4 heteroatoms. The quantitative estimate of drug-likeness (QED) is 0.920. The van der Waals surface area contributed by atoms with Gasteiger partial charge in [-0.3, -0.25) is 4.79 Å². The zero-order chi connectivity index (χ0) is 14.6. The first-order valence-electron chi connectivity index (χ1n) is 7.20. The molecule has 1 aromatic carbocycles. The first-order chi connectivity index (χ1) is 9.53. The number of hydrogen-bond acceptors (Lipinski definition) is 3. The molecule has 1 aliphatic rings. The van der Waals surface area contributed by atoms with E-state index in [1.54, 1.807) is 0 Å². The minimum Gasteiger partial charge on any atom is -0.490 e. The Morgan fingerprint density at radius 2 is 1.95 bits per heavy atom. The van der Waals surface area contributed by atoms with Crippen LogP contribution < -0.4 is 14.8 Å². The van der Waals surface area contributed by atoms with Gasteiger partial charge in [-0.25, -0.2) is 0 Å². The minimum atomic E-state index is -0.328. The van der Waals surface area contributed by atoms with Crippen molar-refractivity contribution in [3.63, 3.8) is 0 Å². The number of nitrogens with one attached hydrogen (secondary N) is 1. The van der Waals surface area contributed by atoms with Gasteiger partial charge < -0.3 is 14.8 Å². The van der Waals surface area contributed by atoms with Crippen molar-refractivity contribution in [2.24, 2.45) is 5.41 Å². The number of rotatable bonds is 4.